The lowest BCUT2D eigenvalue weighted by molar-refractivity contribution is -0.122. The van der Waals surface area contributed by atoms with Crippen LogP contribution in [0.2, 0.25) is 0 Å². The van der Waals surface area contributed by atoms with Crippen LogP contribution in [0.5, 0.6) is 0 Å². The molecular formula is C57H114N4O3. The fraction of sp³-hybridized carbons (Fsp3) is 0.965. The normalized spacial score (nSPS) is 13.5. The van der Waals surface area contributed by atoms with Crippen LogP contribution in [0.4, 0.5) is 0 Å². The minimum absolute atomic E-state index is 0.294. The van der Waals surface area contributed by atoms with E-state index in [4.69, 9.17) is 4.74 Å². The van der Waals surface area contributed by atoms with Crippen molar-refractivity contribution in [1.82, 2.24) is 20.4 Å². The number of hydrogen-bond donors (Lipinski definition) is 2. The average molecular weight is 904 g/mol. The predicted octanol–water partition coefficient (Wildman–Crippen LogP) is 15.7. The summed E-state index contributed by atoms with van der Waals surface area (Å²) in [5.41, 5.74) is 0. The van der Waals surface area contributed by atoms with Crippen LogP contribution in [0.15, 0.2) is 0 Å². The van der Waals surface area contributed by atoms with Gasteiger partial charge in [-0.1, -0.05) is 220 Å². The Hall–Kier alpha value is -1.18. The fourth-order valence-electron chi connectivity index (χ4n) is 9.84. The molecule has 0 aromatic carbocycles. The number of hydrogen-bond acceptors (Lipinski definition) is 5. The van der Waals surface area contributed by atoms with Gasteiger partial charge in [0.1, 0.15) is 0 Å². The van der Waals surface area contributed by atoms with E-state index in [0.29, 0.717) is 36.7 Å². The third-order valence-corrected chi connectivity index (χ3v) is 14.2. The Morgan fingerprint density at radius 1 is 0.406 bits per heavy atom. The molecule has 1 aliphatic heterocycles. The molecule has 0 atom stereocenters. The summed E-state index contributed by atoms with van der Waals surface area (Å²) < 4.78 is 5.59. The van der Waals surface area contributed by atoms with Crippen molar-refractivity contribution in [2.75, 3.05) is 52.5 Å². The van der Waals surface area contributed by atoms with E-state index in [1.807, 2.05) is 0 Å². The number of morpholine rings is 1. The van der Waals surface area contributed by atoms with E-state index in [2.05, 4.69) is 48.1 Å². The van der Waals surface area contributed by atoms with Crippen molar-refractivity contribution in [1.29, 1.82) is 0 Å². The van der Waals surface area contributed by atoms with Gasteiger partial charge in [0.2, 0.25) is 11.8 Å². The van der Waals surface area contributed by atoms with Gasteiger partial charge >= 0.3 is 0 Å². The molecule has 2 N–H and O–H groups in total. The van der Waals surface area contributed by atoms with Gasteiger partial charge in [-0.25, -0.2) is 0 Å². The maximum Gasteiger partial charge on any atom is 0.220 e. The van der Waals surface area contributed by atoms with Crippen molar-refractivity contribution in [3.63, 3.8) is 0 Å². The lowest BCUT2D eigenvalue weighted by Crippen LogP contribution is -2.38. The molecule has 0 aromatic rings. The molecule has 2 amide bonds. The van der Waals surface area contributed by atoms with Crippen molar-refractivity contribution in [2.24, 2.45) is 0 Å². The van der Waals surface area contributed by atoms with Crippen molar-refractivity contribution >= 4 is 11.8 Å². The second-order valence-corrected chi connectivity index (χ2v) is 20.4. The van der Waals surface area contributed by atoms with E-state index in [9.17, 15) is 9.59 Å². The average Bonchev–Trinajstić information content (AvgIpc) is 3.30. The summed E-state index contributed by atoms with van der Waals surface area (Å²) in [5.74, 6) is 0.589. The highest BCUT2D eigenvalue weighted by Gasteiger charge is 2.15. The zero-order chi connectivity index (χ0) is 46.2. The first-order chi connectivity index (χ1) is 31.5. The first-order valence-electron chi connectivity index (χ1n) is 29.1. The number of carbonyl (C=O) groups excluding carboxylic acids is 2. The quantitative estimate of drug-likeness (QED) is 0.0595. The van der Waals surface area contributed by atoms with E-state index in [1.165, 1.54) is 238 Å². The summed E-state index contributed by atoms with van der Waals surface area (Å²) in [6.07, 6.45) is 50.9. The molecule has 7 heteroatoms. The van der Waals surface area contributed by atoms with E-state index in [-0.39, 0.29) is 0 Å². The molecule has 1 aliphatic rings. The zero-order valence-corrected chi connectivity index (χ0v) is 43.9. The first-order valence-corrected chi connectivity index (χ1v) is 29.1. The van der Waals surface area contributed by atoms with Crippen molar-refractivity contribution in [3.05, 3.63) is 0 Å². The van der Waals surface area contributed by atoms with Crippen molar-refractivity contribution in [2.45, 2.75) is 303 Å². The van der Waals surface area contributed by atoms with Gasteiger partial charge in [-0.15, -0.1) is 0 Å². The molecule has 64 heavy (non-hydrogen) atoms. The fourth-order valence-corrected chi connectivity index (χ4v) is 9.84. The van der Waals surface area contributed by atoms with E-state index in [0.717, 1.165) is 64.8 Å². The molecule has 1 saturated heterocycles. The Morgan fingerprint density at radius 3 is 1.06 bits per heavy atom. The van der Waals surface area contributed by atoms with Gasteiger partial charge in [-0.05, 0) is 84.0 Å². The highest BCUT2D eigenvalue weighted by atomic mass is 16.5. The van der Waals surface area contributed by atoms with E-state index >= 15 is 0 Å². The van der Waals surface area contributed by atoms with Crippen LogP contribution in [-0.4, -0.2) is 86.2 Å². The summed E-state index contributed by atoms with van der Waals surface area (Å²) in [5, 5.41) is 6.96. The van der Waals surface area contributed by atoms with Crippen LogP contribution in [0, 0.1) is 0 Å². The number of nitrogens with zero attached hydrogens (tertiary/aromatic N) is 2. The molecule has 1 fully saturated rings. The molecule has 380 valence electrons. The Bertz CT molecular complexity index is 878. The smallest absolute Gasteiger partial charge is 0.220 e. The molecular weight excluding hydrogens is 789 g/mol. The Morgan fingerprint density at radius 2 is 0.703 bits per heavy atom. The number of ether oxygens (including phenoxy) is 1. The van der Waals surface area contributed by atoms with Crippen molar-refractivity contribution in [3.8, 4) is 0 Å². The minimum Gasteiger partial charge on any atom is -0.379 e. The van der Waals surface area contributed by atoms with Crippen LogP contribution >= 0.6 is 0 Å². The largest absolute Gasteiger partial charge is 0.379 e. The van der Waals surface area contributed by atoms with E-state index in [1.54, 1.807) is 0 Å². The van der Waals surface area contributed by atoms with Crippen LogP contribution in [0.3, 0.4) is 0 Å². The van der Waals surface area contributed by atoms with Gasteiger partial charge in [0.25, 0.3) is 0 Å². The highest BCUT2D eigenvalue weighted by molar-refractivity contribution is 5.76. The molecule has 0 radical (unpaired) electrons. The number of amides is 2. The highest BCUT2D eigenvalue weighted by Crippen LogP contribution is 2.18. The lowest BCUT2D eigenvalue weighted by Gasteiger charge is -2.28. The number of rotatable bonds is 50. The third kappa shape index (κ3) is 41.0. The van der Waals surface area contributed by atoms with Gasteiger partial charge < -0.3 is 20.3 Å². The van der Waals surface area contributed by atoms with Gasteiger partial charge in [-0.2, -0.15) is 0 Å². The standard InChI is InChI=1S/C57H114N4O3/c1-5-9-13-17-23-31-40-54(41-32-24-18-14-10-6-2)58-56(62)44-35-27-21-29-37-46-60(48-39-49-61-50-52-64-53-51-61)47-38-30-22-28-36-45-57(63)59-55(42-33-25-19-15-11-7-3)43-34-26-20-16-12-8-4/h54-55H,5-53H2,1-4H3,(H,58,62)(H,59,63). The minimum atomic E-state index is 0.294. The van der Waals surface area contributed by atoms with E-state index < -0.39 is 0 Å². The third-order valence-electron chi connectivity index (χ3n) is 14.2. The van der Waals surface area contributed by atoms with Crippen LogP contribution < -0.4 is 10.6 Å². The topological polar surface area (TPSA) is 73.9 Å². The first kappa shape index (κ1) is 60.8. The molecule has 0 unspecified atom stereocenters. The number of unbranched alkanes of at least 4 members (excludes halogenated alkanes) is 28. The van der Waals surface area contributed by atoms with Crippen LogP contribution in [0.1, 0.15) is 291 Å². The summed E-state index contributed by atoms with van der Waals surface area (Å²) in [6.45, 7) is 17.8. The molecule has 1 rings (SSSR count). The SMILES string of the molecule is CCCCCCCCC(CCCCCCCC)NC(=O)CCCCCCCN(CCCCCCCC(=O)NC(CCCCCCCC)CCCCCCCC)CCCN1CCOCC1. The molecule has 0 spiro atoms. The molecule has 0 bridgehead atoms. The Labute approximate surface area is 400 Å². The Kier molecular flexibility index (Phi) is 45.9. The summed E-state index contributed by atoms with van der Waals surface area (Å²) in [7, 11) is 0. The second-order valence-electron chi connectivity index (χ2n) is 20.4. The molecule has 1 heterocycles. The van der Waals surface area contributed by atoms with Crippen molar-refractivity contribution < 1.29 is 14.3 Å². The molecule has 0 aromatic heterocycles. The number of nitrogens with one attached hydrogen (secondary N) is 2. The monoisotopic (exact) mass is 903 g/mol. The van der Waals surface area contributed by atoms with Gasteiger partial charge in [-0.3, -0.25) is 14.5 Å². The predicted molar refractivity (Wildman–Crippen MR) is 280 cm³/mol. The maximum atomic E-state index is 13.0. The van der Waals surface area contributed by atoms with Gasteiger partial charge in [0, 0.05) is 38.0 Å². The summed E-state index contributed by atoms with van der Waals surface area (Å²) in [6, 6.07) is 0.755. The maximum absolute atomic E-state index is 13.0. The second kappa shape index (κ2) is 48.3. The summed E-state index contributed by atoms with van der Waals surface area (Å²) in [4.78, 5) is 31.4. The van der Waals surface area contributed by atoms with Crippen LogP contribution in [-0.2, 0) is 14.3 Å². The van der Waals surface area contributed by atoms with Gasteiger partial charge in [0.05, 0.1) is 13.2 Å². The molecule has 0 saturated carbocycles. The Balaban J connectivity index is 2.38. The zero-order valence-electron chi connectivity index (χ0n) is 43.9. The number of carbonyl (C=O) groups is 2. The molecule has 7 nitrogen and oxygen atoms in total. The van der Waals surface area contributed by atoms with Crippen LogP contribution in [0.25, 0.3) is 0 Å². The summed E-state index contributed by atoms with van der Waals surface area (Å²) >= 11 is 0. The lowest BCUT2D eigenvalue weighted by atomic mass is 9.99. The molecule has 0 aliphatic carbocycles. The van der Waals surface area contributed by atoms with Gasteiger partial charge in [0.15, 0.2) is 0 Å².